The molecular weight excluding hydrogens is 158 g/mol. The molecule has 0 saturated carbocycles. The van der Waals surface area contributed by atoms with Crippen molar-refractivity contribution in [3.63, 3.8) is 0 Å². The normalized spacial score (nSPS) is 22.2. The summed E-state index contributed by atoms with van der Waals surface area (Å²) in [6, 6.07) is 0.345. The molecule has 0 fully saturated rings. The van der Waals surface area contributed by atoms with Crippen LogP contribution in [0.2, 0.25) is 0 Å². The molecule has 0 radical (unpaired) electrons. The Balaban J connectivity index is 0.000000671. The van der Waals surface area contributed by atoms with E-state index < -0.39 is 0 Å². The van der Waals surface area contributed by atoms with Crippen LogP contribution in [0.5, 0.6) is 0 Å². The van der Waals surface area contributed by atoms with Gasteiger partial charge in [0.1, 0.15) is 0 Å². The van der Waals surface area contributed by atoms with Gasteiger partial charge in [0.15, 0.2) is 0 Å². The maximum Gasteiger partial charge on any atom is 0.0746 e. The maximum absolute atomic E-state index is 4.32. The van der Waals surface area contributed by atoms with Crippen molar-refractivity contribution in [3.05, 3.63) is 49.6 Å². The van der Waals surface area contributed by atoms with Crippen molar-refractivity contribution in [1.29, 1.82) is 0 Å². The molecule has 1 nitrogen and oxygen atoms in total. The zero-order chi connectivity index (χ0) is 10.1. The van der Waals surface area contributed by atoms with Gasteiger partial charge in [0.25, 0.3) is 0 Å². The lowest BCUT2D eigenvalue weighted by Gasteiger charge is -2.12. The molecule has 0 bridgehead atoms. The van der Waals surface area contributed by atoms with E-state index in [-0.39, 0.29) is 0 Å². The van der Waals surface area contributed by atoms with Crippen LogP contribution in [0.25, 0.3) is 0 Å². The van der Waals surface area contributed by atoms with E-state index in [1.54, 1.807) is 0 Å². The summed E-state index contributed by atoms with van der Waals surface area (Å²) in [5.74, 6) is 0. The largest absolute Gasteiger partial charge is 0.285 e. The van der Waals surface area contributed by atoms with E-state index in [4.69, 9.17) is 0 Å². The van der Waals surface area contributed by atoms with Crippen molar-refractivity contribution in [2.24, 2.45) is 4.99 Å². The molecule has 70 valence electrons. The van der Waals surface area contributed by atoms with Crippen LogP contribution in [0, 0.1) is 0 Å². The van der Waals surface area contributed by atoms with Crippen LogP contribution >= 0.6 is 0 Å². The molecule has 0 aliphatic carbocycles. The van der Waals surface area contributed by atoms with Crippen LogP contribution in [0.4, 0.5) is 0 Å². The molecule has 1 unspecified atom stereocenters. The number of dihydropyridines is 1. The molecule has 1 heterocycles. The Morgan fingerprint density at radius 3 is 2.77 bits per heavy atom. The molecule has 1 heteroatoms. The number of nitrogens with zero attached hydrogens (tertiary/aromatic N) is 1. The van der Waals surface area contributed by atoms with Crippen molar-refractivity contribution in [2.45, 2.75) is 19.4 Å². The summed E-state index contributed by atoms with van der Waals surface area (Å²) in [7, 11) is 0. The van der Waals surface area contributed by atoms with Crippen molar-refractivity contribution >= 4 is 6.21 Å². The fraction of sp³-hybridized carbons (Fsp3) is 0.250. The van der Waals surface area contributed by atoms with Gasteiger partial charge in [-0.3, -0.25) is 4.99 Å². The molecule has 0 saturated heterocycles. The standard InChI is InChI=1S/C10H13N.C2H4/c1-3-6-9-7-5-8-11-10(9)4-2;1-2/h3,5-8,10H,1,4H2,2H3;1-2H2/b9-6-;. The highest BCUT2D eigenvalue weighted by Crippen LogP contribution is 2.14. The zero-order valence-corrected chi connectivity index (χ0v) is 8.24. The van der Waals surface area contributed by atoms with E-state index in [0.29, 0.717) is 6.04 Å². The van der Waals surface area contributed by atoms with Gasteiger partial charge in [-0.1, -0.05) is 31.7 Å². The molecule has 0 aromatic carbocycles. The minimum Gasteiger partial charge on any atom is -0.285 e. The van der Waals surface area contributed by atoms with Crippen LogP contribution in [0.1, 0.15) is 13.3 Å². The van der Waals surface area contributed by atoms with Gasteiger partial charge in [-0.05, 0) is 18.1 Å². The van der Waals surface area contributed by atoms with Crippen molar-refractivity contribution in [3.8, 4) is 0 Å². The van der Waals surface area contributed by atoms with Crippen LogP contribution in [-0.4, -0.2) is 12.3 Å². The van der Waals surface area contributed by atoms with E-state index in [1.165, 1.54) is 5.57 Å². The monoisotopic (exact) mass is 175 g/mol. The Labute approximate surface area is 80.9 Å². The van der Waals surface area contributed by atoms with Crippen molar-refractivity contribution in [2.75, 3.05) is 0 Å². The predicted molar refractivity (Wildman–Crippen MR) is 61.2 cm³/mol. The second-order valence-electron chi connectivity index (χ2n) is 2.48. The number of hydrogen-bond acceptors (Lipinski definition) is 1. The summed E-state index contributed by atoms with van der Waals surface area (Å²) < 4.78 is 0. The average Bonchev–Trinajstić information content (AvgIpc) is 2.22. The first-order valence-electron chi connectivity index (χ1n) is 4.41. The third-order valence-electron chi connectivity index (χ3n) is 1.72. The van der Waals surface area contributed by atoms with Gasteiger partial charge in [0.2, 0.25) is 0 Å². The van der Waals surface area contributed by atoms with Gasteiger partial charge in [0, 0.05) is 6.21 Å². The lowest BCUT2D eigenvalue weighted by Crippen LogP contribution is -2.07. The second kappa shape index (κ2) is 7.29. The number of aliphatic imine (C=N–C) groups is 1. The molecule has 1 aliphatic rings. The van der Waals surface area contributed by atoms with Crippen LogP contribution in [0.3, 0.4) is 0 Å². The second-order valence-corrected chi connectivity index (χ2v) is 2.48. The Morgan fingerprint density at radius 1 is 1.54 bits per heavy atom. The SMILES string of the molecule is C=C.C=C/C=C1/C=CC=NC1CC. The maximum atomic E-state index is 4.32. The fourth-order valence-electron chi connectivity index (χ4n) is 1.15. The summed E-state index contributed by atoms with van der Waals surface area (Å²) in [6.07, 6.45) is 10.8. The third kappa shape index (κ3) is 3.70. The Morgan fingerprint density at radius 2 is 2.23 bits per heavy atom. The predicted octanol–water partition coefficient (Wildman–Crippen LogP) is 3.32. The summed E-state index contributed by atoms with van der Waals surface area (Å²) in [5.41, 5.74) is 1.25. The molecule has 1 atom stereocenters. The van der Waals surface area contributed by atoms with E-state index in [2.05, 4.69) is 37.7 Å². The highest BCUT2D eigenvalue weighted by Gasteiger charge is 2.07. The summed E-state index contributed by atoms with van der Waals surface area (Å²) in [5, 5.41) is 0. The van der Waals surface area contributed by atoms with Crippen LogP contribution < -0.4 is 0 Å². The highest BCUT2D eigenvalue weighted by atomic mass is 14.8. The first-order valence-corrected chi connectivity index (χ1v) is 4.41. The minimum atomic E-state index is 0.345. The zero-order valence-electron chi connectivity index (χ0n) is 8.24. The van der Waals surface area contributed by atoms with Crippen LogP contribution in [-0.2, 0) is 0 Å². The molecule has 1 aliphatic heterocycles. The Kier molecular flexibility index (Phi) is 6.52. The number of allylic oxidation sites excluding steroid dienone is 3. The van der Waals surface area contributed by atoms with E-state index in [0.717, 1.165) is 6.42 Å². The molecule has 1 rings (SSSR count). The lowest BCUT2D eigenvalue weighted by atomic mass is 10.0. The molecule has 0 spiro atoms. The van der Waals surface area contributed by atoms with Gasteiger partial charge in [0.05, 0.1) is 6.04 Å². The molecular formula is C12H17N. The smallest absolute Gasteiger partial charge is 0.0746 e. The van der Waals surface area contributed by atoms with E-state index in [9.17, 15) is 0 Å². The van der Waals surface area contributed by atoms with Gasteiger partial charge < -0.3 is 0 Å². The molecule has 13 heavy (non-hydrogen) atoms. The highest BCUT2D eigenvalue weighted by molar-refractivity contribution is 5.74. The van der Waals surface area contributed by atoms with Crippen molar-refractivity contribution < 1.29 is 0 Å². The van der Waals surface area contributed by atoms with Gasteiger partial charge in [-0.15, -0.1) is 13.2 Å². The Bertz CT molecular complexity index is 234. The van der Waals surface area contributed by atoms with Gasteiger partial charge >= 0.3 is 0 Å². The first kappa shape index (κ1) is 11.6. The van der Waals surface area contributed by atoms with E-state index in [1.807, 2.05) is 24.4 Å². The summed E-state index contributed by atoms with van der Waals surface area (Å²) in [4.78, 5) is 4.32. The van der Waals surface area contributed by atoms with Gasteiger partial charge in [-0.2, -0.15) is 0 Å². The topological polar surface area (TPSA) is 12.4 Å². The van der Waals surface area contributed by atoms with E-state index >= 15 is 0 Å². The number of hydrogen-bond donors (Lipinski definition) is 0. The Hall–Kier alpha value is -1.37. The van der Waals surface area contributed by atoms with Crippen LogP contribution in [0.15, 0.2) is 54.6 Å². The lowest BCUT2D eigenvalue weighted by molar-refractivity contribution is 0.757. The number of rotatable bonds is 2. The molecule has 0 aromatic heterocycles. The third-order valence-corrected chi connectivity index (χ3v) is 1.72. The van der Waals surface area contributed by atoms with Gasteiger partial charge in [-0.25, -0.2) is 0 Å². The average molecular weight is 175 g/mol. The quantitative estimate of drug-likeness (QED) is 0.571. The summed E-state index contributed by atoms with van der Waals surface area (Å²) >= 11 is 0. The molecule has 0 amide bonds. The summed E-state index contributed by atoms with van der Waals surface area (Å²) in [6.45, 7) is 11.8. The van der Waals surface area contributed by atoms with Crippen molar-refractivity contribution in [1.82, 2.24) is 0 Å². The molecule has 0 aromatic rings. The minimum absolute atomic E-state index is 0.345. The fourth-order valence-corrected chi connectivity index (χ4v) is 1.15. The first-order chi connectivity index (χ1) is 6.38. The molecule has 0 N–H and O–H groups in total.